The maximum Gasteiger partial charge on any atom is 0.254 e. The molecular formula is C23H27N5O. The summed E-state index contributed by atoms with van der Waals surface area (Å²) in [5.74, 6) is 0.703. The van der Waals surface area contributed by atoms with Gasteiger partial charge >= 0.3 is 0 Å². The standard InChI is InChI=1S/C23H27N5O/c29-23-20-8-1-2-9-21(20)25-22(26-23)18-6-3-5-17(13-18)14-28-11-4-7-19(28)15-27-12-10-24-16-27/h3,5-6,10,12-13,16,19H,1-2,4,7-9,11,14-15H2,(H,25,26,29)/t19-/m1/s1. The zero-order valence-corrected chi connectivity index (χ0v) is 16.7. The van der Waals surface area contributed by atoms with Crippen molar-refractivity contribution in [3.05, 3.63) is 70.2 Å². The van der Waals surface area contributed by atoms with Gasteiger partial charge in [0.2, 0.25) is 0 Å². The minimum atomic E-state index is 0.0371. The van der Waals surface area contributed by atoms with Crippen LogP contribution >= 0.6 is 0 Å². The topological polar surface area (TPSA) is 66.8 Å². The molecule has 1 aromatic carbocycles. The summed E-state index contributed by atoms with van der Waals surface area (Å²) >= 11 is 0. The Morgan fingerprint density at radius 3 is 3.00 bits per heavy atom. The Bertz CT molecular complexity index is 1040. The molecule has 2 aromatic heterocycles. The van der Waals surface area contributed by atoms with Gasteiger partial charge < -0.3 is 9.55 Å². The van der Waals surface area contributed by atoms with E-state index in [1.807, 2.05) is 24.8 Å². The minimum Gasteiger partial charge on any atom is -0.336 e. The number of H-pyrrole nitrogens is 1. The summed E-state index contributed by atoms with van der Waals surface area (Å²) in [5, 5.41) is 0. The number of likely N-dealkylation sites (tertiary alicyclic amines) is 1. The van der Waals surface area contributed by atoms with E-state index < -0.39 is 0 Å². The highest BCUT2D eigenvalue weighted by Crippen LogP contribution is 2.24. The number of nitrogens with zero attached hydrogens (tertiary/aromatic N) is 4. The molecule has 0 bridgehead atoms. The van der Waals surface area contributed by atoms with Crippen LogP contribution in [-0.4, -0.2) is 37.0 Å². The molecule has 3 heterocycles. The van der Waals surface area contributed by atoms with Crippen molar-refractivity contribution in [3.63, 3.8) is 0 Å². The molecule has 0 radical (unpaired) electrons. The molecule has 0 amide bonds. The van der Waals surface area contributed by atoms with Gasteiger partial charge in [-0.2, -0.15) is 0 Å². The number of rotatable bonds is 5. The summed E-state index contributed by atoms with van der Waals surface area (Å²) in [6.07, 6.45) is 12.2. The zero-order chi connectivity index (χ0) is 19.6. The van der Waals surface area contributed by atoms with E-state index in [4.69, 9.17) is 4.98 Å². The Hall–Kier alpha value is -2.73. The van der Waals surface area contributed by atoms with Crippen LogP contribution in [0.25, 0.3) is 11.4 Å². The van der Waals surface area contributed by atoms with E-state index in [1.54, 1.807) is 0 Å². The lowest BCUT2D eigenvalue weighted by molar-refractivity contribution is 0.224. The Morgan fingerprint density at radius 1 is 1.17 bits per heavy atom. The molecule has 1 atom stereocenters. The number of fused-ring (bicyclic) bond motifs is 1. The van der Waals surface area contributed by atoms with Crippen molar-refractivity contribution in [1.82, 2.24) is 24.4 Å². The zero-order valence-electron chi connectivity index (χ0n) is 16.7. The number of aromatic nitrogens is 4. The second kappa shape index (κ2) is 7.95. The SMILES string of the molecule is O=c1[nH]c(-c2cccc(CN3CCC[C@@H]3Cn3ccnc3)c2)nc2c1CCCC2. The van der Waals surface area contributed by atoms with Gasteiger partial charge in [0.25, 0.3) is 5.56 Å². The van der Waals surface area contributed by atoms with E-state index in [9.17, 15) is 4.79 Å². The van der Waals surface area contributed by atoms with Crippen LogP contribution in [0.4, 0.5) is 0 Å². The normalized spacial score (nSPS) is 19.4. The number of nitrogens with one attached hydrogen (secondary N) is 1. The van der Waals surface area contributed by atoms with Crippen molar-refractivity contribution in [2.45, 2.75) is 57.7 Å². The quantitative estimate of drug-likeness (QED) is 0.728. The first-order valence-electron chi connectivity index (χ1n) is 10.7. The maximum atomic E-state index is 12.5. The molecule has 1 N–H and O–H groups in total. The molecule has 0 spiro atoms. The molecule has 2 aliphatic rings. The summed E-state index contributed by atoms with van der Waals surface area (Å²) in [7, 11) is 0. The van der Waals surface area contributed by atoms with E-state index in [-0.39, 0.29) is 5.56 Å². The molecule has 29 heavy (non-hydrogen) atoms. The maximum absolute atomic E-state index is 12.5. The van der Waals surface area contributed by atoms with Gasteiger partial charge in [-0.05, 0) is 56.7 Å². The Labute approximate surface area is 170 Å². The van der Waals surface area contributed by atoms with E-state index in [0.29, 0.717) is 11.9 Å². The van der Waals surface area contributed by atoms with Crippen LogP contribution in [0, 0.1) is 0 Å². The molecule has 0 unspecified atom stereocenters. The largest absolute Gasteiger partial charge is 0.336 e. The van der Waals surface area contributed by atoms with Crippen LogP contribution in [0.5, 0.6) is 0 Å². The molecule has 3 aromatic rings. The number of imidazole rings is 1. The molecular weight excluding hydrogens is 362 g/mol. The molecule has 6 nitrogen and oxygen atoms in total. The third-order valence-corrected chi connectivity index (χ3v) is 6.26. The van der Waals surface area contributed by atoms with Gasteiger partial charge in [0.1, 0.15) is 5.82 Å². The number of hydrogen-bond acceptors (Lipinski definition) is 4. The molecule has 1 aliphatic heterocycles. The number of aromatic amines is 1. The van der Waals surface area contributed by atoms with Crippen molar-refractivity contribution in [2.24, 2.45) is 0 Å². The molecule has 1 fully saturated rings. The fraction of sp³-hybridized carbons (Fsp3) is 0.435. The van der Waals surface area contributed by atoms with Gasteiger partial charge in [-0.1, -0.05) is 18.2 Å². The fourth-order valence-corrected chi connectivity index (χ4v) is 4.74. The first-order valence-corrected chi connectivity index (χ1v) is 10.7. The Morgan fingerprint density at radius 2 is 2.10 bits per heavy atom. The summed E-state index contributed by atoms with van der Waals surface area (Å²) in [4.78, 5) is 27.1. The summed E-state index contributed by atoms with van der Waals surface area (Å²) in [5.41, 5.74) is 4.17. The summed E-state index contributed by atoms with van der Waals surface area (Å²) in [6.45, 7) is 3.03. The van der Waals surface area contributed by atoms with Gasteiger partial charge in [-0.25, -0.2) is 9.97 Å². The molecule has 150 valence electrons. The lowest BCUT2D eigenvalue weighted by atomic mass is 9.97. The molecule has 0 saturated carbocycles. The number of benzene rings is 1. The third kappa shape index (κ3) is 3.90. The van der Waals surface area contributed by atoms with E-state index in [0.717, 1.165) is 62.1 Å². The Balaban J connectivity index is 1.36. The van der Waals surface area contributed by atoms with Crippen molar-refractivity contribution in [2.75, 3.05) is 6.54 Å². The van der Waals surface area contributed by atoms with E-state index >= 15 is 0 Å². The van der Waals surface area contributed by atoms with Gasteiger partial charge in [0.05, 0.1) is 12.0 Å². The predicted molar refractivity (Wildman–Crippen MR) is 113 cm³/mol. The Kier molecular flexibility index (Phi) is 5.02. The lowest BCUT2D eigenvalue weighted by Crippen LogP contribution is -2.32. The summed E-state index contributed by atoms with van der Waals surface area (Å²) in [6, 6.07) is 9.01. The average molecular weight is 390 g/mol. The van der Waals surface area contributed by atoms with Gasteiger partial charge in [0.15, 0.2) is 0 Å². The second-order valence-electron chi connectivity index (χ2n) is 8.27. The van der Waals surface area contributed by atoms with Crippen LogP contribution in [-0.2, 0) is 25.9 Å². The van der Waals surface area contributed by atoms with Gasteiger partial charge in [0, 0.05) is 42.7 Å². The van der Waals surface area contributed by atoms with Crippen LogP contribution < -0.4 is 5.56 Å². The van der Waals surface area contributed by atoms with Crippen LogP contribution in [0.1, 0.15) is 42.5 Å². The highest BCUT2D eigenvalue weighted by Gasteiger charge is 2.25. The van der Waals surface area contributed by atoms with Crippen molar-refractivity contribution in [1.29, 1.82) is 0 Å². The lowest BCUT2D eigenvalue weighted by Gasteiger charge is -2.25. The van der Waals surface area contributed by atoms with E-state index in [2.05, 4.69) is 37.6 Å². The minimum absolute atomic E-state index is 0.0371. The average Bonchev–Trinajstić information content (AvgIpc) is 3.41. The first-order chi connectivity index (χ1) is 14.3. The van der Waals surface area contributed by atoms with Gasteiger partial charge in [-0.15, -0.1) is 0 Å². The highest BCUT2D eigenvalue weighted by atomic mass is 16.1. The predicted octanol–water partition coefficient (Wildman–Crippen LogP) is 3.18. The van der Waals surface area contributed by atoms with Crippen LogP contribution in [0.2, 0.25) is 0 Å². The first kappa shape index (κ1) is 18.3. The fourth-order valence-electron chi connectivity index (χ4n) is 4.74. The van der Waals surface area contributed by atoms with Gasteiger partial charge in [-0.3, -0.25) is 9.69 Å². The van der Waals surface area contributed by atoms with Crippen molar-refractivity contribution in [3.8, 4) is 11.4 Å². The van der Waals surface area contributed by atoms with E-state index in [1.165, 1.54) is 18.4 Å². The van der Waals surface area contributed by atoms with Crippen LogP contribution in [0.15, 0.2) is 47.8 Å². The number of hydrogen-bond donors (Lipinski definition) is 1. The van der Waals surface area contributed by atoms with Crippen molar-refractivity contribution < 1.29 is 0 Å². The molecule has 1 saturated heterocycles. The molecule has 1 aliphatic carbocycles. The monoisotopic (exact) mass is 389 g/mol. The highest BCUT2D eigenvalue weighted by molar-refractivity contribution is 5.56. The second-order valence-corrected chi connectivity index (χ2v) is 8.27. The molecule has 5 rings (SSSR count). The smallest absolute Gasteiger partial charge is 0.254 e. The number of aryl methyl sites for hydroxylation is 1. The molecule has 6 heteroatoms. The van der Waals surface area contributed by atoms with Crippen molar-refractivity contribution >= 4 is 0 Å². The third-order valence-electron chi connectivity index (χ3n) is 6.26. The summed E-state index contributed by atoms with van der Waals surface area (Å²) < 4.78 is 2.17. The van der Waals surface area contributed by atoms with Crippen LogP contribution in [0.3, 0.4) is 0 Å².